The zero-order chi connectivity index (χ0) is 16.0. The molecule has 120 valence electrons. The Labute approximate surface area is 140 Å². The Morgan fingerprint density at radius 1 is 0.650 bits per heavy atom. The molecule has 1 rings (SSSR count). The van der Waals surface area contributed by atoms with Crippen molar-refractivity contribution in [1.29, 1.82) is 0 Å². The SMILES string of the molecule is CC(C)(C)NP1(NC(C)(C)C)=NP(Cl)(Cl)=NP(Cl)(Cl)=N1. The molecule has 0 fully saturated rings. The van der Waals surface area contributed by atoms with Crippen molar-refractivity contribution in [3.63, 3.8) is 0 Å². The molecule has 0 aromatic heterocycles. The monoisotopic (exact) mass is 419 g/mol. The smallest absolute Gasteiger partial charge is 0.248 e. The second kappa shape index (κ2) is 6.00. The predicted molar refractivity (Wildman–Crippen MR) is 97.2 cm³/mol. The van der Waals surface area contributed by atoms with Crippen molar-refractivity contribution in [2.45, 2.75) is 52.6 Å². The van der Waals surface area contributed by atoms with Gasteiger partial charge in [0.15, 0.2) is 0 Å². The molecule has 0 radical (unpaired) electrons. The molecule has 0 amide bonds. The Morgan fingerprint density at radius 3 is 1.30 bits per heavy atom. The third kappa shape index (κ3) is 6.90. The molecule has 0 aliphatic carbocycles. The van der Waals surface area contributed by atoms with Gasteiger partial charge in [-0.1, -0.05) is 0 Å². The number of hydrogen-bond acceptors (Lipinski definition) is 5. The quantitative estimate of drug-likeness (QED) is 0.452. The van der Waals surface area contributed by atoms with Crippen molar-refractivity contribution in [2.24, 2.45) is 13.5 Å². The fraction of sp³-hybridized carbons (Fsp3) is 1.00. The first-order valence-electron chi connectivity index (χ1n) is 5.82. The maximum Gasteiger partial charge on any atom is 0.257 e. The summed E-state index contributed by atoms with van der Waals surface area (Å²) in [6.07, 6.45) is 0. The number of hydrogen-bond donors (Lipinski definition) is 2. The summed E-state index contributed by atoms with van der Waals surface area (Å²) >= 11 is 24.8. The van der Waals surface area contributed by atoms with Crippen molar-refractivity contribution >= 4 is 64.3 Å². The van der Waals surface area contributed by atoms with Gasteiger partial charge in [0.1, 0.15) is 0 Å². The Balaban J connectivity index is 3.52. The molecule has 5 nitrogen and oxygen atoms in total. The van der Waals surface area contributed by atoms with E-state index < -0.39 is 19.3 Å². The molecule has 0 atom stereocenters. The highest BCUT2D eigenvalue weighted by atomic mass is 35.9. The average Bonchev–Trinajstić information content (AvgIpc) is 1.83. The van der Waals surface area contributed by atoms with Crippen LogP contribution in [0.1, 0.15) is 41.5 Å². The molecule has 0 saturated heterocycles. The van der Waals surface area contributed by atoms with E-state index in [-0.39, 0.29) is 11.1 Å². The molecule has 1 heterocycles. The van der Waals surface area contributed by atoms with E-state index in [0.29, 0.717) is 0 Å². The van der Waals surface area contributed by atoms with Crippen LogP contribution in [0.25, 0.3) is 0 Å². The average molecular weight is 421 g/mol. The van der Waals surface area contributed by atoms with Gasteiger partial charge in [0.25, 0.3) is 11.8 Å². The van der Waals surface area contributed by atoms with Crippen molar-refractivity contribution in [3.05, 3.63) is 0 Å². The highest BCUT2D eigenvalue weighted by Crippen LogP contribution is 2.84. The summed E-state index contributed by atoms with van der Waals surface area (Å²) < 4.78 is 12.9. The summed E-state index contributed by atoms with van der Waals surface area (Å²) in [7, 11) is -2.65. The van der Waals surface area contributed by atoms with E-state index in [1.54, 1.807) is 0 Å². The van der Waals surface area contributed by atoms with Gasteiger partial charge in [-0.25, -0.2) is 10.2 Å². The molecule has 0 bridgehead atoms. The van der Waals surface area contributed by atoms with Gasteiger partial charge >= 0.3 is 0 Å². The topological polar surface area (TPSA) is 61.1 Å². The van der Waals surface area contributed by atoms with Crippen LogP contribution in [0, 0.1) is 0 Å². The third-order valence-corrected chi connectivity index (χ3v) is 14.0. The minimum Gasteiger partial charge on any atom is -0.248 e. The van der Waals surface area contributed by atoms with Crippen molar-refractivity contribution in [3.8, 4) is 0 Å². The third-order valence-electron chi connectivity index (χ3n) is 1.67. The van der Waals surface area contributed by atoms with Crippen molar-refractivity contribution < 1.29 is 0 Å². The van der Waals surface area contributed by atoms with Gasteiger partial charge in [-0.3, -0.25) is 0 Å². The number of nitrogens with zero attached hydrogens (tertiary/aromatic N) is 3. The van der Waals surface area contributed by atoms with Crippen LogP contribution in [0.4, 0.5) is 0 Å². The second-order valence-electron chi connectivity index (χ2n) is 6.50. The summed E-state index contributed by atoms with van der Waals surface area (Å²) in [5.41, 5.74) is -0.532. The summed E-state index contributed by atoms with van der Waals surface area (Å²) in [4.78, 5) is 0. The molecule has 2 N–H and O–H groups in total. The van der Waals surface area contributed by atoms with Crippen LogP contribution in [0.15, 0.2) is 13.5 Å². The minimum absolute atomic E-state index is 0.266. The Hall–Kier alpha value is 1.77. The van der Waals surface area contributed by atoms with Crippen LogP contribution in [0.2, 0.25) is 0 Å². The van der Waals surface area contributed by atoms with Gasteiger partial charge in [-0.05, 0) is 86.5 Å². The predicted octanol–water partition coefficient (Wildman–Crippen LogP) is 7.57. The van der Waals surface area contributed by atoms with E-state index in [1.807, 2.05) is 41.5 Å². The van der Waals surface area contributed by atoms with Crippen molar-refractivity contribution in [1.82, 2.24) is 10.2 Å². The summed E-state index contributed by atoms with van der Waals surface area (Å²) in [6, 6.07) is 0. The van der Waals surface area contributed by atoms with Gasteiger partial charge in [-0.15, -0.1) is 0 Å². The lowest BCUT2D eigenvalue weighted by molar-refractivity contribution is 0.491. The summed E-state index contributed by atoms with van der Waals surface area (Å²) in [5.74, 6) is -5.88. The Kier molecular flexibility index (Phi) is 5.95. The normalized spacial score (nSPS) is 24.3. The van der Waals surface area contributed by atoms with Crippen LogP contribution in [-0.4, -0.2) is 11.1 Å². The van der Waals surface area contributed by atoms with E-state index in [1.165, 1.54) is 0 Å². The molecule has 0 spiro atoms. The maximum atomic E-state index is 6.19. The first-order valence-corrected chi connectivity index (χ1v) is 14.5. The van der Waals surface area contributed by atoms with Gasteiger partial charge in [-0.2, -0.15) is 13.5 Å². The Morgan fingerprint density at radius 2 is 1.00 bits per heavy atom. The van der Waals surface area contributed by atoms with Gasteiger partial charge in [0, 0.05) is 11.1 Å². The lowest BCUT2D eigenvalue weighted by Crippen LogP contribution is -2.42. The maximum absolute atomic E-state index is 6.19. The Bertz CT molecular complexity index is 520. The van der Waals surface area contributed by atoms with Crippen LogP contribution >= 0.6 is 64.3 Å². The summed E-state index contributed by atoms with van der Waals surface area (Å²) in [5, 5.41) is 6.73. The minimum atomic E-state index is -2.94. The van der Waals surface area contributed by atoms with E-state index >= 15 is 0 Å². The second-order valence-corrected chi connectivity index (χ2v) is 18.8. The molecule has 1 aliphatic heterocycles. The lowest BCUT2D eigenvalue weighted by Gasteiger charge is -2.37. The van der Waals surface area contributed by atoms with Crippen LogP contribution in [0.3, 0.4) is 0 Å². The molecule has 0 unspecified atom stereocenters. The molecule has 0 aromatic rings. The molecule has 12 heteroatoms. The molecule has 0 aromatic carbocycles. The molecule has 1 aliphatic rings. The fourth-order valence-electron chi connectivity index (χ4n) is 1.55. The van der Waals surface area contributed by atoms with Crippen LogP contribution < -0.4 is 10.2 Å². The zero-order valence-electron chi connectivity index (χ0n) is 12.2. The highest BCUT2D eigenvalue weighted by molar-refractivity contribution is 8.20. The fourth-order valence-corrected chi connectivity index (χ4v) is 17.4. The highest BCUT2D eigenvalue weighted by Gasteiger charge is 2.37. The van der Waals surface area contributed by atoms with Gasteiger partial charge < -0.3 is 0 Å². The first kappa shape index (κ1) is 19.8. The molecule has 0 saturated carbocycles. The first-order chi connectivity index (χ1) is 8.54. The lowest BCUT2D eigenvalue weighted by atomic mass is 10.1. The van der Waals surface area contributed by atoms with E-state index in [2.05, 4.69) is 23.7 Å². The largest absolute Gasteiger partial charge is 0.257 e. The van der Waals surface area contributed by atoms with Gasteiger partial charge in [0.05, 0.1) is 0 Å². The molecular weight excluding hydrogens is 401 g/mol. The van der Waals surface area contributed by atoms with E-state index in [9.17, 15) is 0 Å². The van der Waals surface area contributed by atoms with Crippen LogP contribution in [-0.2, 0) is 0 Å². The van der Waals surface area contributed by atoms with E-state index in [0.717, 1.165) is 0 Å². The number of halogens is 4. The van der Waals surface area contributed by atoms with Crippen molar-refractivity contribution in [2.75, 3.05) is 0 Å². The molecular formula is C8H20Cl4N5P3. The molecule has 20 heavy (non-hydrogen) atoms. The van der Waals surface area contributed by atoms with Gasteiger partial charge in [0.2, 0.25) is 7.51 Å². The standard InChI is InChI=1S/C8H20Cl4N5P3/c1-7(2,3)13-20(14-8(4,5)6)16-18(9,10)15-19(11,12)17-20/h13-14H,1-6H3. The number of rotatable bonds is 2. The summed E-state index contributed by atoms with van der Waals surface area (Å²) in [6.45, 7) is 12.0. The van der Waals surface area contributed by atoms with Crippen LogP contribution in [0.5, 0.6) is 0 Å². The number of nitrogens with one attached hydrogen (secondary N) is 2. The van der Waals surface area contributed by atoms with E-state index in [4.69, 9.17) is 45.0 Å². The zero-order valence-corrected chi connectivity index (χ0v) is 17.9.